The maximum atomic E-state index is 10.2. The van der Waals surface area contributed by atoms with Crippen molar-refractivity contribution in [3.63, 3.8) is 0 Å². The Morgan fingerprint density at radius 2 is 1.89 bits per heavy atom. The summed E-state index contributed by atoms with van der Waals surface area (Å²) in [4.78, 5) is 0. The molecule has 1 unspecified atom stereocenters. The zero-order chi connectivity index (χ0) is 14.0. The van der Waals surface area contributed by atoms with Gasteiger partial charge in [-0.1, -0.05) is 44.2 Å². The van der Waals surface area contributed by atoms with Crippen LogP contribution in [0, 0.1) is 5.92 Å². The van der Waals surface area contributed by atoms with Crippen LogP contribution < -0.4 is 11.1 Å². The molecule has 2 aromatic carbocycles. The highest BCUT2D eigenvalue weighted by Gasteiger charge is 2.21. The average molecular weight is 274 g/mol. The highest BCUT2D eigenvalue weighted by Crippen LogP contribution is 2.35. The highest BCUT2D eigenvalue weighted by atomic mass is 32.1. The van der Waals surface area contributed by atoms with Crippen LogP contribution >= 0.6 is 12.2 Å². The average Bonchev–Trinajstić information content (AvgIpc) is 2.36. The molecule has 0 bridgehead atoms. The Morgan fingerprint density at radius 1 is 1.21 bits per heavy atom. The molecule has 4 N–H and O–H groups in total. The van der Waals surface area contributed by atoms with Gasteiger partial charge in [0.05, 0.1) is 6.04 Å². The molecule has 0 saturated heterocycles. The van der Waals surface area contributed by atoms with Crippen molar-refractivity contribution < 1.29 is 5.11 Å². The summed E-state index contributed by atoms with van der Waals surface area (Å²) in [6.45, 7) is 4.13. The summed E-state index contributed by atoms with van der Waals surface area (Å²) in [5.74, 6) is 0.513. The van der Waals surface area contributed by atoms with Gasteiger partial charge in [0.15, 0.2) is 5.11 Å². The Balaban J connectivity index is 2.64. The van der Waals surface area contributed by atoms with E-state index in [9.17, 15) is 5.11 Å². The molecule has 0 saturated carbocycles. The molecule has 0 spiro atoms. The number of hydrogen-bond acceptors (Lipinski definition) is 2. The lowest BCUT2D eigenvalue weighted by molar-refractivity contribution is 0.426. The quantitative estimate of drug-likeness (QED) is 0.753. The van der Waals surface area contributed by atoms with Crippen LogP contribution in [0.25, 0.3) is 10.8 Å². The van der Waals surface area contributed by atoms with Crippen molar-refractivity contribution in [3.05, 3.63) is 42.0 Å². The number of nitrogens with two attached hydrogens (primary N) is 1. The molecule has 19 heavy (non-hydrogen) atoms. The number of phenols is 1. The third-order valence-corrected chi connectivity index (χ3v) is 3.34. The number of hydrogen-bond donors (Lipinski definition) is 3. The fourth-order valence-electron chi connectivity index (χ4n) is 2.34. The number of benzene rings is 2. The van der Waals surface area contributed by atoms with Gasteiger partial charge in [-0.05, 0) is 35.0 Å². The van der Waals surface area contributed by atoms with Gasteiger partial charge >= 0.3 is 0 Å². The molecular formula is C15H18N2OS. The van der Waals surface area contributed by atoms with Crippen LogP contribution in [-0.2, 0) is 0 Å². The van der Waals surface area contributed by atoms with Gasteiger partial charge in [0.1, 0.15) is 5.75 Å². The van der Waals surface area contributed by atoms with Crippen molar-refractivity contribution in [1.29, 1.82) is 0 Å². The Bertz CT molecular complexity index is 610. The Hall–Kier alpha value is -1.81. The molecule has 100 valence electrons. The normalized spacial score (nSPS) is 12.6. The predicted octanol–water partition coefficient (Wildman–Crippen LogP) is 3.08. The Labute approximate surface area is 118 Å². The van der Waals surface area contributed by atoms with E-state index in [1.807, 2.05) is 30.3 Å². The molecule has 4 heteroatoms. The fourth-order valence-corrected chi connectivity index (χ4v) is 2.46. The van der Waals surface area contributed by atoms with Crippen molar-refractivity contribution in [2.24, 2.45) is 11.7 Å². The second-order valence-electron chi connectivity index (χ2n) is 4.95. The van der Waals surface area contributed by atoms with Crippen LogP contribution in [0.5, 0.6) is 5.75 Å². The molecule has 0 aliphatic rings. The van der Waals surface area contributed by atoms with E-state index >= 15 is 0 Å². The number of phenolic OH excluding ortho intramolecular Hbond substituents is 1. The topological polar surface area (TPSA) is 58.3 Å². The van der Waals surface area contributed by atoms with Crippen molar-refractivity contribution >= 4 is 28.1 Å². The molecule has 3 nitrogen and oxygen atoms in total. The summed E-state index contributed by atoms with van der Waals surface area (Å²) in [6.07, 6.45) is 0. The second kappa shape index (κ2) is 5.45. The number of rotatable bonds is 3. The molecule has 1 atom stereocenters. The summed E-state index contributed by atoms with van der Waals surface area (Å²) in [7, 11) is 0. The molecule has 0 heterocycles. The number of fused-ring (bicyclic) bond motifs is 1. The lowest BCUT2D eigenvalue weighted by Gasteiger charge is -2.25. The molecule has 2 rings (SSSR count). The van der Waals surface area contributed by atoms with E-state index in [2.05, 4.69) is 19.2 Å². The van der Waals surface area contributed by atoms with E-state index in [1.54, 1.807) is 6.07 Å². The number of aromatic hydroxyl groups is 1. The molecule has 0 aliphatic heterocycles. The molecule has 0 fully saturated rings. The summed E-state index contributed by atoms with van der Waals surface area (Å²) in [6, 6.07) is 11.5. The smallest absolute Gasteiger partial charge is 0.164 e. The fraction of sp³-hybridized carbons (Fsp3) is 0.267. The first-order chi connectivity index (χ1) is 9.00. The minimum absolute atomic E-state index is 0.108. The monoisotopic (exact) mass is 274 g/mol. The largest absolute Gasteiger partial charge is 0.508 e. The van der Waals surface area contributed by atoms with E-state index < -0.39 is 0 Å². The van der Waals surface area contributed by atoms with E-state index in [-0.39, 0.29) is 22.8 Å². The molecule has 0 aromatic heterocycles. The first-order valence-electron chi connectivity index (χ1n) is 6.27. The van der Waals surface area contributed by atoms with E-state index in [0.717, 1.165) is 16.3 Å². The van der Waals surface area contributed by atoms with E-state index in [4.69, 9.17) is 18.0 Å². The first kappa shape index (κ1) is 13.6. The molecule has 2 aromatic rings. The standard InChI is InChI=1S/C15H18N2OS/c1-9(2)14(17-15(16)19)13-11-6-4-3-5-10(11)7-8-12(13)18/h3-9,14,18H,1-2H3,(H3,16,17,19). The SMILES string of the molecule is CC(C)C(NC(N)=S)c1c(O)ccc2ccccc12. The number of thiocarbonyl (C=S) groups is 1. The van der Waals surface area contributed by atoms with Gasteiger partial charge in [0.2, 0.25) is 0 Å². The second-order valence-corrected chi connectivity index (χ2v) is 5.39. The third kappa shape index (κ3) is 2.79. The minimum Gasteiger partial charge on any atom is -0.508 e. The maximum absolute atomic E-state index is 10.2. The number of nitrogens with one attached hydrogen (secondary N) is 1. The van der Waals surface area contributed by atoms with E-state index in [1.165, 1.54) is 0 Å². The summed E-state index contributed by atoms with van der Waals surface area (Å²) < 4.78 is 0. The zero-order valence-corrected chi connectivity index (χ0v) is 11.9. The van der Waals surface area contributed by atoms with Gasteiger partial charge < -0.3 is 16.2 Å². The van der Waals surface area contributed by atoms with Crippen LogP contribution in [-0.4, -0.2) is 10.2 Å². The molecule has 0 aliphatic carbocycles. The summed E-state index contributed by atoms with van der Waals surface area (Å²) in [5.41, 5.74) is 6.45. The summed E-state index contributed by atoms with van der Waals surface area (Å²) >= 11 is 4.94. The Morgan fingerprint density at radius 3 is 2.53 bits per heavy atom. The van der Waals surface area contributed by atoms with Crippen LogP contribution in [0.15, 0.2) is 36.4 Å². The minimum atomic E-state index is -0.108. The van der Waals surface area contributed by atoms with Crippen LogP contribution in [0.3, 0.4) is 0 Å². The molecule has 0 radical (unpaired) electrons. The maximum Gasteiger partial charge on any atom is 0.164 e. The van der Waals surface area contributed by atoms with Gasteiger partial charge in [0.25, 0.3) is 0 Å². The van der Waals surface area contributed by atoms with Crippen molar-refractivity contribution in [3.8, 4) is 5.75 Å². The van der Waals surface area contributed by atoms with Gasteiger partial charge in [-0.3, -0.25) is 0 Å². The van der Waals surface area contributed by atoms with Crippen molar-refractivity contribution in [2.75, 3.05) is 0 Å². The Kier molecular flexibility index (Phi) is 3.90. The van der Waals surface area contributed by atoms with Gasteiger partial charge in [-0.2, -0.15) is 0 Å². The lowest BCUT2D eigenvalue weighted by Crippen LogP contribution is -2.35. The van der Waals surface area contributed by atoms with Crippen molar-refractivity contribution in [1.82, 2.24) is 5.32 Å². The van der Waals surface area contributed by atoms with Gasteiger partial charge in [0, 0.05) is 5.56 Å². The van der Waals surface area contributed by atoms with Gasteiger partial charge in [-0.15, -0.1) is 0 Å². The molecular weight excluding hydrogens is 256 g/mol. The van der Waals surface area contributed by atoms with Crippen LogP contribution in [0.4, 0.5) is 0 Å². The molecule has 0 amide bonds. The predicted molar refractivity (Wildman–Crippen MR) is 83.1 cm³/mol. The zero-order valence-electron chi connectivity index (χ0n) is 11.1. The third-order valence-electron chi connectivity index (χ3n) is 3.22. The van der Waals surface area contributed by atoms with Crippen molar-refractivity contribution in [2.45, 2.75) is 19.9 Å². The van der Waals surface area contributed by atoms with Gasteiger partial charge in [-0.25, -0.2) is 0 Å². The van der Waals surface area contributed by atoms with Crippen LogP contribution in [0.1, 0.15) is 25.5 Å². The lowest BCUT2D eigenvalue weighted by atomic mass is 9.91. The van der Waals surface area contributed by atoms with E-state index in [0.29, 0.717) is 0 Å². The van der Waals surface area contributed by atoms with Crippen LogP contribution in [0.2, 0.25) is 0 Å². The first-order valence-corrected chi connectivity index (χ1v) is 6.68. The highest BCUT2D eigenvalue weighted by molar-refractivity contribution is 7.80. The summed E-state index contributed by atoms with van der Waals surface area (Å²) in [5, 5.41) is 15.6.